The molecule has 3 atom stereocenters. The number of hydrogen-bond acceptors (Lipinski definition) is 3. The number of carbonyl (C=O) groups excluding carboxylic acids is 1. The summed E-state index contributed by atoms with van der Waals surface area (Å²) in [4.78, 5) is 16.4. The number of nitrogens with one attached hydrogen (secondary N) is 1. The Morgan fingerprint density at radius 1 is 1.35 bits per heavy atom. The maximum absolute atomic E-state index is 12.3. The largest absolute Gasteiger partial charge is 0.325 e. The zero-order valence-corrected chi connectivity index (χ0v) is 12.0. The fourth-order valence-corrected chi connectivity index (χ4v) is 2.18. The molecule has 1 rings (SSSR count). The molecule has 0 bridgehead atoms. The smallest absolute Gasteiger partial charge is 0.241 e. The zero-order chi connectivity index (χ0) is 13.2. The van der Waals surface area contributed by atoms with Crippen LogP contribution in [0.25, 0.3) is 0 Å². The SMILES string of the molecule is CC(C)CC1NC(C)N(CC(C)N(C)C)C1=O. The molecule has 0 radical (unpaired) electrons. The molecule has 4 heteroatoms. The first-order chi connectivity index (χ1) is 7.82. The molecule has 0 aliphatic carbocycles. The minimum Gasteiger partial charge on any atom is -0.325 e. The Hall–Kier alpha value is -0.610. The third-order valence-corrected chi connectivity index (χ3v) is 3.54. The van der Waals surface area contributed by atoms with Gasteiger partial charge in [0.05, 0.1) is 12.2 Å². The lowest BCUT2D eigenvalue weighted by Gasteiger charge is -2.28. The first-order valence-electron chi connectivity index (χ1n) is 6.55. The van der Waals surface area contributed by atoms with E-state index in [1.807, 2.05) is 4.90 Å². The van der Waals surface area contributed by atoms with E-state index in [4.69, 9.17) is 0 Å². The molecule has 1 aliphatic heterocycles. The van der Waals surface area contributed by atoms with Crippen LogP contribution in [0.5, 0.6) is 0 Å². The van der Waals surface area contributed by atoms with E-state index in [1.165, 1.54) is 0 Å². The monoisotopic (exact) mass is 241 g/mol. The Kier molecular flexibility index (Phi) is 4.95. The molecule has 100 valence electrons. The topological polar surface area (TPSA) is 35.6 Å². The summed E-state index contributed by atoms with van der Waals surface area (Å²) in [6, 6.07) is 0.403. The summed E-state index contributed by atoms with van der Waals surface area (Å²) in [5.74, 6) is 0.815. The molecule has 1 aliphatic rings. The van der Waals surface area contributed by atoms with Gasteiger partial charge < -0.3 is 9.80 Å². The second-order valence-electron chi connectivity index (χ2n) is 5.83. The molecule has 1 fully saturated rings. The molecule has 0 aromatic rings. The second-order valence-corrected chi connectivity index (χ2v) is 5.83. The van der Waals surface area contributed by atoms with E-state index in [1.54, 1.807) is 0 Å². The van der Waals surface area contributed by atoms with Gasteiger partial charge >= 0.3 is 0 Å². The van der Waals surface area contributed by atoms with Gasteiger partial charge in [-0.1, -0.05) is 13.8 Å². The number of hydrogen-bond donors (Lipinski definition) is 1. The second kappa shape index (κ2) is 5.83. The molecule has 0 spiro atoms. The van der Waals surface area contributed by atoms with E-state index < -0.39 is 0 Å². The fourth-order valence-electron chi connectivity index (χ4n) is 2.18. The highest BCUT2D eigenvalue weighted by atomic mass is 16.2. The average molecular weight is 241 g/mol. The molecule has 1 heterocycles. The molecule has 17 heavy (non-hydrogen) atoms. The Morgan fingerprint density at radius 2 is 1.94 bits per heavy atom. The number of carbonyl (C=O) groups is 1. The molecule has 1 N–H and O–H groups in total. The van der Waals surface area contributed by atoms with Crippen molar-refractivity contribution in [3.63, 3.8) is 0 Å². The van der Waals surface area contributed by atoms with Crippen LogP contribution in [0, 0.1) is 5.92 Å². The van der Waals surface area contributed by atoms with Crippen molar-refractivity contribution in [1.29, 1.82) is 0 Å². The zero-order valence-electron chi connectivity index (χ0n) is 12.0. The Labute approximate surface area is 105 Å². The van der Waals surface area contributed by atoms with E-state index in [2.05, 4.69) is 52.0 Å². The van der Waals surface area contributed by atoms with Crippen LogP contribution >= 0.6 is 0 Å². The Bertz CT molecular complexity index is 265. The van der Waals surface area contributed by atoms with Gasteiger partial charge in [0.2, 0.25) is 5.91 Å². The van der Waals surface area contributed by atoms with Crippen molar-refractivity contribution in [1.82, 2.24) is 15.1 Å². The van der Waals surface area contributed by atoms with Gasteiger partial charge in [-0.15, -0.1) is 0 Å². The number of likely N-dealkylation sites (N-methyl/N-ethyl adjacent to an activating group) is 1. The van der Waals surface area contributed by atoms with Crippen LogP contribution in [-0.4, -0.2) is 54.6 Å². The van der Waals surface area contributed by atoms with E-state index in [-0.39, 0.29) is 18.1 Å². The van der Waals surface area contributed by atoms with Gasteiger partial charge in [0, 0.05) is 12.6 Å². The van der Waals surface area contributed by atoms with Crippen molar-refractivity contribution in [3.05, 3.63) is 0 Å². The van der Waals surface area contributed by atoms with Crippen molar-refractivity contribution in [2.24, 2.45) is 5.92 Å². The number of amides is 1. The first-order valence-corrected chi connectivity index (χ1v) is 6.55. The highest BCUT2D eigenvalue weighted by Gasteiger charge is 2.37. The van der Waals surface area contributed by atoms with Gasteiger partial charge in [-0.3, -0.25) is 10.1 Å². The minimum atomic E-state index is 0.0133. The van der Waals surface area contributed by atoms with Crippen molar-refractivity contribution >= 4 is 5.91 Å². The summed E-state index contributed by atoms with van der Waals surface area (Å²) in [7, 11) is 4.10. The summed E-state index contributed by atoms with van der Waals surface area (Å²) in [5, 5.41) is 3.39. The maximum Gasteiger partial charge on any atom is 0.241 e. The fraction of sp³-hybridized carbons (Fsp3) is 0.923. The predicted molar refractivity (Wildman–Crippen MR) is 70.7 cm³/mol. The third-order valence-electron chi connectivity index (χ3n) is 3.54. The summed E-state index contributed by atoms with van der Waals surface area (Å²) < 4.78 is 0. The lowest BCUT2D eigenvalue weighted by Crippen LogP contribution is -2.43. The third kappa shape index (κ3) is 3.68. The normalized spacial score (nSPS) is 27.3. The van der Waals surface area contributed by atoms with Gasteiger partial charge in [-0.2, -0.15) is 0 Å². The molecule has 4 nitrogen and oxygen atoms in total. The summed E-state index contributed by atoms with van der Waals surface area (Å²) >= 11 is 0. The summed E-state index contributed by atoms with van der Waals surface area (Å²) in [6.07, 6.45) is 1.09. The van der Waals surface area contributed by atoms with Crippen LogP contribution in [0.15, 0.2) is 0 Å². The first kappa shape index (κ1) is 14.5. The Balaban J connectivity index is 2.59. The summed E-state index contributed by atoms with van der Waals surface area (Å²) in [5.41, 5.74) is 0. The van der Waals surface area contributed by atoms with Crippen molar-refractivity contribution in [3.8, 4) is 0 Å². The van der Waals surface area contributed by atoms with E-state index in [9.17, 15) is 4.79 Å². The quantitative estimate of drug-likeness (QED) is 0.784. The lowest BCUT2D eigenvalue weighted by molar-refractivity contribution is -0.130. The number of nitrogens with zero attached hydrogens (tertiary/aromatic N) is 2. The predicted octanol–water partition coefficient (Wildman–Crippen LogP) is 1.13. The van der Waals surface area contributed by atoms with Crippen molar-refractivity contribution in [2.45, 2.75) is 52.4 Å². The molecule has 0 saturated carbocycles. The van der Waals surface area contributed by atoms with Crippen LogP contribution in [0.2, 0.25) is 0 Å². The van der Waals surface area contributed by atoms with Crippen LogP contribution < -0.4 is 5.32 Å². The standard InChI is InChI=1S/C13H27N3O/c1-9(2)7-12-13(17)16(11(4)14-12)8-10(3)15(5)6/h9-12,14H,7-8H2,1-6H3. The van der Waals surface area contributed by atoms with Crippen LogP contribution in [0.3, 0.4) is 0 Å². The lowest BCUT2D eigenvalue weighted by atomic mass is 10.0. The molecular formula is C13H27N3O. The van der Waals surface area contributed by atoms with Gasteiger partial charge in [-0.25, -0.2) is 0 Å². The molecule has 0 aromatic carbocycles. The average Bonchev–Trinajstić information content (AvgIpc) is 2.44. The molecule has 1 saturated heterocycles. The van der Waals surface area contributed by atoms with Gasteiger partial charge in [0.1, 0.15) is 0 Å². The maximum atomic E-state index is 12.3. The van der Waals surface area contributed by atoms with Crippen LogP contribution in [0.4, 0.5) is 0 Å². The van der Waals surface area contributed by atoms with E-state index in [0.29, 0.717) is 12.0 Å². The minimum absolute atomic E-state index is 0.0133. The summed E-state index contributed by atoms with van der Waals surface area (Å²) in [6.45, 7) is 9.33. The van der Waals surface area contributed by atoms with Gasteiger partial charge in [0.25, 0.3) is 0 Å². The van der Waals surface area contributed by atoms with Crippen LogP contribution in [0.1, 0.15) is 34.1 Å². The highest BCUT2D eigenvalue weighted by Crippen LogP contribution is 2.17. The molecule has 1 amide bonds. The number of rotatable bonds is 5. The molecule has 3 unspecified atom stereocenters. The van der Waals surface area contributed by atoms with Gasteiger partial charge in [0.15, 0.2) is 0 Å². The van der Waals surface area contributed by atoms with E-state index >= 15 is 0 Å². The molecular weight excluding hydrogens is 214 g/mol. The Morgan fingerprint density at radius 3 is 2.41 bits per heavy atom. The van der Waals surface area contributed by atoms with Crippen LogP contribution in [-0.2, 0) is 4.79 Å². The van der Waals surface area contributed by atoms with Crippen molar-refractivity contribution < 1.29 is 4.79 Å². The van der Waals surface area contributed by atoms with Gasteiger partial charge in [-0.05, 0) is 40.3 Å². The van der Waals surface area contributed by atoms with Crippen molar-refractivity contribution in [2.75, 3.05) is 20.6 Å². The molecule has 0 aromatic heterocycles. The van der Waals surface area contributed by atoms with E-state index in [0.717, 1.165) is 13.0 Å². The highest BCUT2D eigenvalue weighted by molar-refractivity contribution is 5.84.